The number of rotatable bonds is 3. The van der Waals surface area contributed by atoms with Crippen molar-refractivity contribution >= 4 is 5.91 Å². The lowest BCUT2D eigenvalue weighted by atomic mass is 10.3. The highest BCUT2D eigenvalue weighted by atomic mass is 16.5. The molecular formula is C14H16N4O4. The number of nitrogens with zero attached hydrogens (tertiary/aromatic N) is 4. The lowest BCUT2D eigenvalue weighted by molar-refractivity contribution is 0.0627. The van der Waals surface area contributed by atoms with E-state index in [9.17, 15) is 4.79 Å². The molecule has 1 amide bonds. The van der Waals surface area contributed by atoms with Gasteiger partial charge in [-0.05, 0) is 6.92 Å². The van der Waals surface area contributed by atoms with Crippen LogP contribution in [0.3, 0.4) is 0 Å². The van der Waals surface area contributed by atoms with Gasteiger partial charge in [-0.25, -0.2) is 4.98 Å². The van der Waals surface area contributed by atoms with Crippen LogP contribution in [0, 0.1) is 6.92 Å². The molecule has 1 fully saturated rings. The quantitative estimate of drug-likeness (QED) is 0.824. The lowest BCUT2D eigenvalue weighted by Crippen LogP contribution is -2.40. The van der Waals surface area contributed by atoms with E-state index in [0.29, 0.717) is 37.9 Å². The van der Waals surface area contributed by atoms with Crippen LogP contribution in [0.2, 0.25) is 0 Å². The maximum Gasteiger partial charge on any atom is 0.276 e. The third-order valence-corrected chi connectivity index (χ3v) is 3.19. The molecule has 3 rings (SSSR count). The first kappa shape index (κ1) is 14.5. The fourth-order valence-electron chi connectivity index (χ4n) is 2.18. The highest BCUT2D eigenvalue weighted by Gasteiger charge is 2.26. The van der Waals surface area contributed by atoms with Gasteiger partial charge in [0.15, 0.2) is 5.69 Å². The summed E-state index contributed by atoms with van der Waals surface area (Å²) in [5.74, 6) is 0.805. The van der Waals surface area contributed by atoms with Crippen LogP contribution < -0.4 is 4.74 Å². The van der Waals surface area contributed by atoms with E-state index in [0.717, 1.165) is 0 Å². The molecule has 1 aliphatic heterocycles. The van der Waals surface area contributed by atoms with Crippen molar-refractivity contribution in [2.75, 3.05) is 26.3 Å². The summed E-state index contributed by atoms with van der Waals surface area (Å²) < 4.78 is 16.2. The van der Waals surface area contributed by atoms with Gasteiger partial charge in [-0.1, -0.05) is 5.16 Å². The van der Waals surface area contributed by atoms with E-state index in [-0.39, 0.29) is 17.7 Å². The van der Waals surface area contributed by atoms with Crippen LogP contribution in [0.15, 0.2) is 29.2 Å². The molecule has 1 aliphatic rings. The molecule has 1 saturated heterocycles. The van der Waals surface area contributed by atoms with Gasteiger partial charge in [-0.3, -0.25) is 9.78 Å². The fraction of sp³-hybridized carbons (Fsp3) is 0.429. The Balaban J connectivity index is 1.68. The van der Waals surface area contributed by atoms with E-state index in [1.807, 2.05) is 0 Å². The molecule has 0 spiro atoms. The number of hydrogen-bond donors (Lipinski definition) is 0. The van der Waals surface area contributed by atoms with E-state index in [1.54, 1.807) is 30.3 Å². The van der Waals surface area contributed by atoms with Crippen molar-refractivity contribution in [3.63, 3.8) is 0 Å². The van der Waals surface area contributed by atoms with E-state index in [4.69, 9.17) is 14.0 Å². The Labute approximate surface area is 127 Å². The van der Waals surface area contributed by atoms with Crippen LogP contribution in [0.1, 0.15) is 16.2 Å². The van der Waals surface area contributed by atoms with E-state index in [1.165, 1.54) is 6.20 Å². The van der Waals surface area contributed by atoms with Gasteiger partial charge in [0.05, 0.1) is 26.0 Å². The minimum atomic E-state index is -0.309. The Morgan fingerprint density at radius 3 is 3.09 bits per heavy atom. The number of carbonyl (C=O) groups is 1. The third kappa shape index (κ3) is 3.40. The monoisotopic (exact) mass is 304 g/mol. The molecule has 2 aromatic rings. The number of aryl methyl sites for hydroxylation is 1. The van der Waals surface area contributed by atoms with Crippen molar-refractivity contribution in [3.05, 3.63) is 36.1 Å². The highest BCUT2D eigenvalue weighted by Crippen LogP contribution is 2.12. The second kappa shape index (κ2) is 6.52. The first-order valence-electron chi connectivity index (χ1n) is 6.95. The maximum atomic E-state index is 12.4. The summed E-state index contributed by atoms with van der Waals surface area (Å²) in [5.41, 5.74) is 0.289. The highest BCUT2D eigenvalue weighted by molar-refractivity contribution is 5.92. The molecule has 0 aliphatic carbocycles. The minimum absolute atomic E-state index is 0.199. The van der Waals surface area contributed by atoms with Gasteiger partial charge in [0.25, 0.3) is 5.91 Å². The van der Waals surface area contributed by atoms with Crippen molar-refractivity contribution < 1.29 is 18.8 Å². The van der Waals surface area contributed by atoms with Crippen molar-refractivity contribution in [1.29, 1.82) is 0 Å². The average Bonchev–Trinajstić information content (AvgIpc) is 2.83. The SMILES string of the molecule is Cc1cc(C(=O)N2CCOC[C@H](Oc3cnccn3)C2)no1. The standard InChI is InChI=1S/C14H16N4O4/c1-10-6-12(17-22-10)14(19)18-4-5-20-9-11(8-18)21-13-7-15-2-3-16-13/h2-3,6-7,11H,4-5,8-9H2,1H3/t11-/m1/s1. The number of amides is 1. The van der Waals surface area contributed by atoms with Gasteiger partial charge in [0.2, 0.25) is 5.88 Å². The zero-order valence-electron chi connectivity index (χ0n) is 12.1. The molecule has 0 radical (unpaired) electrons. The molecule has 0 aromatic carbocycles. The molecule has 116 valence electrons. The topological polar surface area (TPSA) is 90.6 Å². The predicted octanol–water partition coefficient (Wildman–Crippen LogP) is 0.693. The summed E-state index contributed by atoms with van der Waals surface area (Å²) in [7, 11) is 0. The molecule has 0 bridgehead atoms. The van der Waals surface area contributed by atoms with Crippen LogP contribution >= 0.6 is 0 Å². The van der Waals surface area contributed by atoms with Gasteiger partial charge in [0, 0.05) is 25.0 Å². The molecule has 0 saturated carbocycles. The van der Waals surface area contributed by atoms with Gasteiger partial charge < -0.3 is 18.9 Å². The lowest BCUT2D eigenvalue weighted by Gasteiger charge is -2.22. The predicted molar refractivity (Wildman–Crippen MR) is 74.4 cm³/mol. The Kier molecular flexibility index (Phi) is 4.29. The summed E-state index contributed by atoms with van der Waals surface area (Å²) in [6.45, 7) is 3.45. The number of hydrogen-bond acceptors (Lipinski definition) is 7. The molecule has 3 heterocycles. The first-order chi connectivity index (χ1) is 10.7. The van der Waals surface area contributed by atoms with Gasteiger partial charge in [0.1, 0.15) is 11.9 Å². The Bertz CT molecular complexity index is 631. The summed E-state index contributed by atoms with van der Waals surface area (Å²) in [6.07, 6.45) is 4.33. The van der Waals surface area contributed by atoms with Crippen LogP contribution in [0.4, 0.5) is 0 Å². The molecule has 22 heavy (non-hydrogen) atoms. The van der Waals surface area contributed by atoms with E-state index < -0.39 is 0 Å². The first-order valence-corrected chi connectivity index (χ1v) is 6.95. The van der Waals surface area contributed by atoms with Gasteiger partial charge in [-0.15, -0.1) is 0 Å². The van der Waals surface area contributed by atoms with Crippen molar-refractivity contribution in [2.45, 2.75) is 13.0 Å². The maximum absolute atomic E-state index is 12.4. The van der Waals surface area contributed by atoms with Crippen LogP contribution in [-0.4, -0.2) is 58.3 Å². The number of aromatic nitrogens is 3. The summed E-state index contributed by atoms with van der Waals surface area (Å²) in [4.78, 5) is 22.1. The van der Waals surface area contributed by atoms with E-state index in [2.05, 4.69) is 15.1 Å². The minimum Gasteiger partial charge on any atom is -0.469 e. The molecule has 0 N–H and O–H groups in total. The van der Waals surface area contributed by atoms with Crippen molar-refractivity contribution in [2.24, 2.45) is 0 Å². The fourth-order valence-corrected chi connectivity index (χ4v) is 2.18. The van der Waals surface area contributed by atoms with Crippen LogP contribution in [-0.2, 0) is 4.74 Å². The number of carbonyl (C=O) groups excluding carboxylic acids is 1. The average molecular weight is 304 g/mol. The molecule has 1 atom stereocenters. The largest absolute Gasteiger partial charge is 0.469 e. The Morgan fingerprint density at radius 1 is 1.45 bits per heavy atom. The second-order valence-corrected chi connectivity index (χ2v) is 4.93. The molecule has 8 nitrogen and oxygen atoms in total. The van der Waals surface area contributed by atoms with Crippen molar-refractivity contribution in [1.82, 2.24) is 20.0 Å². The normalized spacial score (nSPS) is 18.8. The van der Waals surface area contributed by atoms with Crippen LogP contribution in [0.25, 0.3) is 0 Å². The smallest absolute Gasteiger partial charge is 0.276 e. The summed E-state index contributed by atoms with van der Waals surface area (Å²) in [5, 5.41) is 3.76. The van der Waals surface area contributed by atoms with E-state index >= 15 is 0 Å². The van der Waals surface area contributed by atoms with Crippen molar-refractivity contribution in [3.8, 4) is 5.88 Å². The Morgan fingerprint density at radius 2 is 2.36 bits per heavy atom. The summed E-state index contributed by atoms with van der Waals surface area (Å²) in [6, 6.07) is 1.62. The van der Waals surface area contributed by atoms with Gasteiger partial charge in [-0.2, -0.15) is 0 Å². The van der Waals surface area contributed by atoms with Gasteiger partial charge >= 0.3 is 0 Å². The summed E-state index contributed by atoms with van der Waals surface area (Å²) >= 11 is 0. The molecule has 8 heteroatoms. The zero-order chi connectivity index (χ0) is 15.4. The van der Waals surface area contributed by atoms with Crippen LogP contribution in [0.5, 0.6) is 5.88 Å². The number of ether oxygens (including phenoxy) is 2. The molecule has 0 unspecified atom stereocenters. The second-order valence-electron chi connectivity index (χ2n) is 4.93. The Hall–Kier alpha value is -2.48. The third-order valence-electron chi connectivity index (χ3n) is 3.19. The zero-order valence-corrected chi connectivity index (χ0v) is 12.1. The molecule has 2 aromatic heterocycles. The molecular weight excluding hydrogens is 288 g/mol.